The number of rotatable bonds is 1. The molecule has 2 aliphatic heterocycles. The van der Waals surface area contributed by atoms with Gasteiger partial charge in [-0.1, -0.05) is 123 Å². The van der Waals surface area contributed by atoms with Gasteiger partial charge in [0.1, 0.15) is 33.6 Å². The van der Waals surface area contributed by atoms with Gasteiger partial charge in [0.25, 0.3) is 0 Å². The van der Waals surface area contributed by atoms with Gasteiger partial charge in [0, 0.05) is 60.7 Å². The second-order valence-corrected chi connectivity index (χ2v) is 21.0. The third-order valence-corrected chi connectivity index (χ3v) is 14.0. The third kappa shape index (κ3) is 4.75. The van der Waals surface area contributed by atoms with E-state index in [0.717, 1.165) is 88.6 Å². The van der Waals surface area contributed by atoms with E-state index < -0.39 is 0 Å². The molecule has 7 aromatic carbocycles. The molecular weight excluding hydrogens is 759 g/mol. The summed E-state index contributed by atoms with van der Waals surface area (Å²) in [6.07, 6.45) is 0. The number of benzene rings is 7. The molecule has 6 heterocycles. The molecule has 11 aromatic rings. The van der Waals surface area contributed by atoms with Crippen LogP contribution in [0.25, 0.3) is 93.5 Å². The number of anilines is 2. The lowest BCUT2D eigenvalue weighted by Gasteiger charge is -2.40. The van der Waals surface area contributed by atoms with E-state index in [-0.39, 0.29) is 23.1 Å². The van der Waals surface area contributed by atoms with Crippen molar-refractivity contribution in [2.45, 2.75) is 78.6 Å². The molecule has 0 fully saturated rings. The Hall–Kier alpha value is -6.66. The molecule has 0 unspecified atom stereocenters. The highest BCUT2D eigenvalue weighted by Crippen LogP contribution is 2.50. The van der Waals surface area contributed by atoms with Gasteiger partial charge in [-0.05, 0) is 98.6 Å². The minimum atomic E-state index is -0.258. The number of aromatic nitrogens is 1. The molecule has 0 saturated heterocycles. The Kier molecular flexibility index (Phi) is 6.76. The second kappa shape index (κ2) is 11.6. The van der Waals surface area contributed by atoms with E-state index in [1.807, 2.05) is 6.07 Å². The van der Waals surface area contributed by atoms with Crippen LogP contribution in [-0.2, 0) is 16.2 Å². The maximum Gasteiger partial charge on any atom is 0.375 e. The lowest BCUT2D eigenvalue weighted by atomic mass is 9.46. The first kappa shape index (κ1) is 36.0. The van der Waals surface area contributed by atoms with E-state index in [1.165, 1.54) is 44.0 Å². The van der Waals surface area contributed by atoms with Gasteiger partial charge in [0.05, 0.1) is 16.7 Å². The first-order valence-electron chi connectivity index (χ1n) is 22.0. The van der Waals surface area contributed by atoms with Gasteiger partial charge in [0.2, 0.25) is 0 Å². The summed E-state index contributed by atoms with van der Waals surface area (Å²) in [5.74, 6) is 0. The standard InChI is InChI=1S/C56H47BN2O3/c1-54(2,3)30-14-18-33(19-15-30)59-44-27-41-35-20-16-32(56(7,8)9)25-47(35)61-48(41)28-39(44)36-21-22-37-38-26-40-34-12-10-11-13-45(34)60-49(40)29-43(38)58-51(37)50(36)57(59)53-52(58)42-24-31(55(4,5)6)17-23-46(42)62-53/h10-29H,1-9H3. The molecule has 62 heavy (non-hydrogen) atoms. The number of nitrogens with zero attached hydrogens (tertiary/aromatic N) is 2. The molecule has 0 bridgehead atoms. The molecule has 0 spiro atoms. The SMILES string of the molecule is CC(C)(C)c1ccc(N2B3c4oc5ccc(C(C)(C)C)cc5c4-n4c5cc6oc7ccccc7c6cc5c5ccc(c3c54)-c3cc4oc5cc(C(C)(C)C)ccc5c4cc32)cc1. The summed E-state index contributed by atoms with van der Waals surface area (Å²) in [6, 6.07) is 45.1. The molecule has 0 aliphatic carbocycles. The highest BCUT2D eigenvalue weighted by molar-refractivity contribution is 6.93. The zero-order valence-corrected chi connectivity index (χ0v) is 36.7. The van der Waals surface area contributed by atoms with Gasteiger partial charge in [-0.3, -0.25) is 0 Å². The van der Waals surface area contributed by atoms with Crippen LogP contribution < -0.4 is 15.9 Å². The van der Waals surface area contributed by atoms with Crippen molar-refractivity contribution in [1.29, 1.82) is 0 Å². The minimum Gasteiger partial charge on any atom is -0.466 e. The van der Waals surface area contributed by atoms with Crippen LogP contribution in [0.1, 0.15) is 79.0 Å². The Bertz CT molecular complexity index is 3760. The van der Waals surface area contributed by atoms with E-state index in [0.29, 0.717) is 0 Å². The molecule has 0 amide bonds. The predicted octanol–water partition coefficient (Wildman–Crippen LogP) is 14.5. The Morgan fingerprint density at radius 1 is 0.435 bits per heavy atom. The van der Waals surface area contributed by atoms with Gasteiger partial charge >= 0.3 is 6.85 Å². The highest BCUT2D eigenvalue weighted by Gasteiger charge is 2.47. The van der Waals surface area contributed by atoms with Crippen molar-refractivity contribution in [2.24, 2.45) is 0 Å². The van der Waals surface area contributed by atoms with Crippen molar-refractivity contribution in [3.63, 3.8) is 0 Å². The van der Waals surface area contributed by atoms with E-state index in [1.54, 1.807) is 0 Å². The Morgan fingerprint density at radius 2 is 1.05 bits per heavy atom. The van der Waals surface area contributed by atoms with Crippen LogP contribution in [0, 0.1) is 0 Å². The van der Waals surface area contributed by atoms with E-state index in [2.05, 4.69) is 187 Å². The summed E-state index contributed by atoms with van der Waals surface area (Å²) >= 11 is 0. The van der Waals surface area contributed by atoms with Crippen molar-refractivity contribution in [3.8, 4) is 16.8 Å². The molecule has 0 radical (unpaired) electrons. The summed E-state index contributed by atoms with van der Waals surface area (Å²) in [6.45, 7) is 20.2. The van der Waals surface area contributed by atoms with Gasteiger partial charge in [0.15, 0.2) is 0 Å². The monoisotopic (exact) mass is 806 g/mol. The highest BCUT2D eigenvalue weighted by atomic mass is 16.3. The van der Waals surface area contributed by atoms with Gasteiger partial charge in [-0.15, -0.1) is 0 Å². The largest absolute Gasteiger partial charge is 0.466 e. The third-order valence-electron chi connectivity index (χ3n) is 14.0. The predicted molar refractivity (Wildman–Crippen MR) is 260 cm³/mol. The maximum atomic E-state index is 7.32. The fraction of sp³-hybridized carbons (Fsp3) is 0.214. The maximum absolute atomic E-state index is 7.32. The number of hydrogen-bond donors (Lipinski definition) is 0. The lowest BCUT2D eigenvalue weighted by Crippen LogP contribution is -2.60. The molecule has 0 saturated carbocycles. The molecular formula is C56H47BN2O3. The molecule has 4 aromatic heterocycles. The fourth-order valence-corrected chi connectivity index (χ4v) is 10.7. The van der Waals surface area contributed by atoms with Crippen molar-refractivity contribution < 1.29 is 13.3 Å². The Labute approximate surface area is 360 Å². The molecule has 2 aliphatic rings. The zero-order valence-electron chi connectivity index (χ0n) is 36.7. The average Bonchev–Trinajstić information content (AvgIpc) is 3.99. The van der Waals surface area contributed by atoms with Crippen molar-refractivity contribution in [2.75, 3.05) is 4.81 Å². The van der Waals surface area contributed by atoms with Crippen LogP contribution in [-0.4, -0.2) is 11.4 Å². The second-order valence-electron chi connectivity index (χ2n) is 21.0. The van der Waals surface area contributed by atoms with Gasteiger partial charge < -0.3 is 22.6 Å². The van der Waals surface area contributed by atoms with Gasteiger partial charge in [-0.2, -0.15) is 0 Å². The van der Waals surface area contributed by atoms with Gasteiger partial charge in [-0.25, -0.2) is 0 Å². The van der Waals surface area contributed by atoms with Crippen LogP contribution in [0.3, 0.4) is 0 Å². The molecule has 6 heteroatoms. The topological polar surface area (TPSA) is 47.6 Å². The summed E-state index contributed by atoms with van der Waals surface area (Å²) in [7, 11) is 0. The normalized spacial score (nSPS) is 14.1. The summed E-state index contributed by atoms with van der Waals surface area (Å²) < 4.78 is 23.2. The number of fused-ring (bicyclic) bond motifs is 16. The first-order chi connectivity index (χ1) is 29.6. The summed E-state index contributed by atoms with van der Waals surface area (Å²) in [5.41, 5.74) is 18.4. The van der Waals surface area contributed by atoms with Crippen LogP contribution >= 0.6 is 0 Å². The fourth-order valence-electron chi connectivity index (χ4n) is 10.7. The van der Waals surface area contributed by atoms with Crippen molar-refractivity contribution >= 4 is 106 Å². The van der Waals surface area contributed by atoms with Crippen LogP contribution in [0.5, 0.6) is 0 Å². The molecule has 5 nitrogen and oxygen atoms in total. The smallest absolute Gasteiger partial charge is 0.375 e. The number of hydrogen-bond acceptors (Lipinski definition) is 4. The van der Waals surface area contributed by atoms with E-state index in [4.69, 9.17) is 13.3 Å². The molecule has 0 atom stereocenters. The van der Waals surface area contributed by atoms with E-state index in [9.17, 15) is 0 Å². The number of para-hydroxylation sites is 1. The molecule has 0 N–H and O–H groups in total. The van der Waals surface area contributed by atoms with Crippen molar-refractivity contribution in [1.82, 2.24) is 4.57 Å². The lowest BCUT2D eigenvalue weighted by molar-refractivity contribution is 0.587. The Balaban J connectivity index is 1.19. The summed E-state index contributed by atoms with van der Waals surface area (Å²) in [4.78, 5) is 2.55. The van der Waals surface area contributed by atoms with Crippen LogP contribution in [0.15, 0.2) is 135 Å². The van der Waals surface area contributed by atoms with E-state index >= 15 is 0 Å². The van der Waals surface area contributed by atoms with Crippen LogP contribution in [0.4, 0.5) is 11.4 Å². The van der Waals surface area contributed by atoms with Crippen molar-refractivity contribution in [3.05, 3.63) is 138 Å². The van der Waals surface area contributed by atoms with Crippen LogP contribution in [0.2, 0.25) is 0 Å². The zero-order chi connectivity index (χ0) is 42.4. The Morgan fingerprint density at radius 3 is 1.82 bits per heavy atom. The minimum absolute atomic E-state index is 0.00124. The quantitative estimate of drug-likeness (QED) is 0.155. The molecule has 302 valence electrons. The molecule has 13 rings (SSSR count). The average molecular weight is 807 g/mol. The first-order valence-corrected chi connectivity index (χ1v) is 22.0. The number of furan rings is 3. The summed E-state index contributed by atoms with van der Waals surface area (Å²) in [5, 5.41) is 8.02.